The number of para-hydroxylation sites is 1. The Kier molecular flexibility index (Phi) is 1.85. The zero-order valence-corrected chi connectivity index (χ0v) is 9.94. The zero-order chi connectivity index (χ0) is 13.0. The number of aromatic amines is 1. The van der Waals surface area contributed by atoms with Crippen LogP contribution in [0.5, 0.6) is 0 Å². The number of nitrogens with one attached hydrogen (secondary N) is 1. The van der Waals surface area contributed by atoms with Crippen molar-refractivity contribution in [1.82, 2.24) is 4.98 Å². The molecule has 2 aromatic carbocycles. The molecule has 0 spiro atoms. The number of hydrogen-bond donors (Lipinski definition) is 1. The molecule has 1 aromatic heterocycles. The first-order valence-electron chi connectivity index (χ1n) is 6.06. The van der Waals surface area contributed by atoms with Gasteiger partial charge in [0, 0.05) is 22.0 Å². The van der Waals surface area contributed by atoms with Crippen molar-refractivity contribution >= 4 is 16.7 Å². The number of ketones is 1. The van der Waals surface area contributed by atoms with Gasteiger partial charge in [-0.05, 0) is 11.6 Å². The lowest BCUT2D eigenvalue weighted by atomic mass is 10.0. The van der Waals surface area contributed by atoms with Crippen molar-refractivity contribution < 1.29 is 4.79 Å². The van der Waals surface area contributed by atoms with E-state index in [1.807, 2.05) is 42.5 Å². The zero-order valence-electron chi connectivity index (χ0n) is 9.94. The Balaban J connectivity index is 2.27. The molecule has 1 heterocycles. The highest BCUT2D eigenvalue weighted by atomic mass is 16.1. The van der Waals surface area contributed by atoms with Crippen LogP contribution in [0.3, 0.4) is 0 Å². The second-order valence-electron chi connectivity index (χ2n) is 4.62. The van der Waals surface area contributed by atoms with E-state index in [-0.39, 0.29) is 11.3 Å². The Labute approximate surface area is 108 Å². The fraction of sp³-hybridized carbons (Fsp3) is 0. The molecule has 3 nitrogen and oxygen atoms in total. The summed E-state index contributed by atoms with van der Waals surface area (Å²) < 4.78 is 0. The minimum atomic E-state index is -0.202. The molecule has 0 saturated carbocycles. The summed E-state index contributed by atoms with van der Waals surface area (Å²) in [6.07, 6.45) is 0. The Morgan fingerprint density at radius 1 is 0.737 bits per heavy atom. The Hall–Kier alpha value is -2.68. The highest BCUT2D eigenvalue weighted by Gasteiger charge is 2.30. The molecule has 0 radical (unpaired) electrons. The number of fused-ring (bicyclic) bond motifs is 5. The van der Waals surface area contributed by atoms with E-state index in [0.717, 1.165) is 10.9 Å². The standard InChI is InChI=1S/C16H9NO2/c18-15-10-6-2-1-5-9(10)14-13(15)11-7-3-4-8-12(11)17-16(14)19/h1-8H,(H,17,19). The van der Waals surface area contributed by atoms with E-state index in [1.54, 1.807) is 6.07 Å². The van der Waals surface area contributed by atoms with Crippen LogP contribution in [-0.2, 0) is 0 Å². The van der Waals surface area contributed by atoms with E-state index in [9.17, 15) is 9.59 Å². The van der Waals surface area contributed by atoms with Crippen LogP contribution in [0, 0.1) is 0 Å². The van der Waals surface area contributed by atoms with Gasteiger partial charge in [0.15, 0.2) is 5.78 Å². The smallest absolute Gasteiger partial charge is 0.257 e. The van der Waals surface area contributed by atoms with Gasteiger partial charge < -0.3 is 4.98 Å². The van der Waals surface area contributed by atoms with Gasteiger partial charge in [-0.2, -0.15) is 0 Å². The number of carbonyl (C=O) groups excluding carboxylic acids is 1. The maximum atomic E-state index is 12.5. The van der Waals surface area contributed by atoms with E-state index in [0.29, 0.717) is 22.2 Å². The third-order valence-corrected chi connectivity index (χ3v) is 3.59. The normalized spacial score (nSPS) is 12.5. The second kappa shape index (κ2) is 3.42. The number of carbonyl (C=O) groups is 1. The van der Waals surface area contributed by atoms with Gasteiger partial charge in [-0.3, -0.25) is 9.59 Å². The average molecular weight is 247 g/mol. The minimum absolute atomic E-state index is 0.0621. The van der Waals surface area contributed by atoms with Crippen LogP contribution in [-0.4, -0.2) is 10.8 Å². The quantitative estimate of drug-likeness (QED) is 0.519. The number of H-pyrrole nitrogens is 1. The number of pyridine rings is 1. The highest BCUT2D eigenvalue weighted by molar-refractivity contribution is 6.26. The van der Waals surface area contributed by atoms with Gasteiger partial charge >= 0.3 is 0 Å². The van der Waals surface area contributed by atoms with Gasteiger partial charge in [-0.15, -0.1) is 0 Å². The SMILES string of the molecule is O=C1c2ccccc2-c2c1c1ccccc1[nH]c2=O. The number of hydrogen-bond acceptors (Lipinski definition) is 2. The molecule has 0 atom stereocenters. The predicted octanol–water partition coefficient (Wildman–Crippen LogP) is 2.74. The van der Waals surface area contributed by atoms with Crippen molar-refractivity contribution in [2.45, 2.75) is 0 Å². The monoisotopic (exact) mass is 247 g/mol. The fourth-order valence-corrected chi connectivity index (χ4v) is 2.77. The van der Waals surface area contributed by atoms with Crippen LogP contribution in [0.1, 0.15) is 15.9 Å². The van der Waals surface area contributed by atoms with Crippen molar-refractivity contribution in [2.24, 2.45) is 0 Å². The van der Waals surface area contributed by atoms with Crippen molar-refractivity contribution in [3.05, 3.63) is 70.0 Å². The maximum absolute atomic E-state index is 12.5. The highest BCUT2D eigenvalue weighted by Crippen LogP contribution is 2.36. The summed E-state index contributed by atoms with van der Waals surface area (Å²) in [6, 6.07) is 14.7. The fourth-order valence-electron chi connectivity index (χ4n) is 2.77. The van der Waals surface area contributed by atoms with Gasteiger partial charge in [-0.1, -0.05) is 42.5 Å². The van der Waals surface area contributed by atoms with Crippen LogP contribution in [0.25, 0.3) is 22.0 Å². The predicted molar refractivity (Wildman–Crippen MR) is 73.4 cm³/mol. The molecule has 0 fully saturated rings. The first-order valence-corrected chi connectivity index (χ1v) is 6.06. The first kappa shape index (κ1) is 10.3. The Morgan fingerprint density at radius 2 is 1.42 bits per heavy atom. The van der Waals surface area contributed by atoms with Crippen molar-refractivity contribution in [3.8, 4) is 11.1 Å². The summed E-state index contributed by atoms with van der Waals surface area (Å²) in [4.78, 5) is 27.6. The molecular formula is C16H9NO2. The molecule has 1 N–H and O–H groups in total. The topological polar surface area (TPSA) is 49.9 Å². The minimum Gasteiger partial charge on any atom is -0.321 e. The third kappa shape index (κ3) is 1.21. The molecular weight excluding hydrogens is 238 g/mol. The van der Waals surface area contributed by atoms with Crippen LogP contribution in [0.4, 0.5) is 0 Å². The molecule has 90 valence electrons. The van der Waals surface area contributed by atoms with E-state index >= 15 is 0 Å². The molecule has 0 bridgehead atoms. The Bertz CT molecular complexity index is 906. The molecule has 3 aromatic rings. The van der Waals surface area contributed by atoms with Gasteiger partial charge in [0.25, 0.3) is 5.56 Å². The summed E-state index contributed by atoms with van der Waals surface area (Å²) >= 11 is 0. The Morgan fingerprint density at radius 3 is 2.26 bits per heavy atom. The summed E-state index contributed by atoms with van der Waals surface area (Å²) in [5.74, 6) is -0.0621. The van der Waals surface area contributed by atoms with E-state index in [1.165, 1.54) is 0 Å². The second-order valence-corrected chi connectivity index (χ2v) is 4.62. The summed E-state index contributed by atoms with van der Waals surface area (Å²) in [5.41, 5.74) is 2.87. The molecule has 0 saturated heterocycles. The lowest BCUT2D eigenvalue weighted by molar-refractivity contribution is 0.104. The molecule has 1 aliphatic carbocycles. The molecule has 1 aliphatic rings. The van der Waals surface area contributed by atoms with Crippen LogP contribution < -0.4 is 5.56 Å². The molecule has 4 rings (SSSR count). The van der Waals surface area contributed by atoms with Crippen molar-refractivity contribution in [3.63, 3.8) is 0 Å². The average Bonchev–Trinajstić information content (AvgIpc) is 2.74. The van der Waals surface area contributed by atoms with Crippen molar-refractivity contribution in [1.29, 1.82) is 0 Å². The molecule has 0 unspecified atom stereocenters. The molecule has 19 heavy (non-hydrogen) atoms. The molecule has 0 aliphatic heterocycles. The van der Waals surface area contributed by atoms with Gasteiger partial charge in [0.2, 0.25) is 0 Å². The number of rotatable bonds is 0. The van der Waals surface area contributed by atoms with Crippen molar-refractivity contribution in [2.75, 3.05) is 0 Å². The van der Waals surface area contributed by atoms with Gasteiger partial charge in [0.05, 0.1) is 5.56 Å². The summed E-state index contributed by atoms with van der Waals surface area (Å²) in [6.45, 7) is 0. The number of aromatic nitrogens is 1. The molecule has 3 heteroatoms. The first-order chi connectivity index (χ1) is 9.27. The van der Waals surface area contributed by atoms with Gasteiger partial charge in [0.1, 0.15) is 0 Å². The van der Waals surface area contributed by atoms with Crippen LogP contribution >= 0.6 is 0 Å². The van der Waals surface area contributed by atoms with E-state index < -0.39 is 0 Å². The van der Waals surface area contributed by atoms with Crippen LogP contribution in [0.15, 0.2) is 53.3 Å². The van der Waals surface area contributed by atoms with E-state index in [4.69, 9.17) is 0 Å². The maximum Gasteiger partial charge on any atom is 0.257 e. The largest absolute Gasteiger partial charge is 0.321 e. The molecule has 0 amide bonds. The summed E-state index contributed by atoms with van der Waals surface area (Å²) in [7, 11) is 0. The lowest BCUT2D eigenvalue weighted by Crippen LogP contribution is -2.11. The third-order valence-electron chi connectivity index (χ3n) is 3.59. The number of benzene rings is 2. The van der Waals surface area contributed by atoms with Crippen LogP contribution in [0.2, 0.25) is 0 Å². The lowest BCUT2D eigenvalue weighted by Gasteiger charge is -2.03. The van der Waals surface area contributed by atoms with Gasteiger partial charge in [-0.25, -0.2) is 0 Å². The summed E-state index contributed by atoms with van der Waals surface area (Å²) in [5, 5.41) is 0.804. The van der Waals surface area contributed by atoms with E-state index in [2.05, 4.69) is 4.98 Å².